The normalized spacial score (nSPS) is 11.9. The Morgan fingerprint density at radius 2 is 2.00 bits per heavy atom. The molecule has 1 aromatic heterocycles. The van der Waals surface area contributed by atoms with Gasteiger partial charge in [-0.2, -0.15) is 0 Å². The van der Waals surface area contributed by atoms with Crippen molar-refractivity contribution in [1.82, 2.24) is 10.3 Å². The Balaban J connectivity index is 2.15. The number of carbonyl (C=O) groups is 1. The van der Waals surface area contributed by atoms with Crippen molar-refractivity contribution in [1.29, 1.82) is 0 Å². The highest BCUT2D eigenvalue weighted by molar-refractivity contribution is 6.41. The highest BCUT2D eigenvalue weighted by Gasteiger charge is 2.15. The van der Waals surface area contributed by atoms with E-state index < -0.39 is 6.04 Å². The Kier molecular flexibility index (Phi) is 4.95. The number of aromatic nitrogens is 1. The topological polar surface area (TPSA) is 62.2 Å². The molecular weight excluding hydrogens is 299 g/mol. The molecule has 2 N–H and O–H groups in total. The second-order valence-corrected chi connectivity index (χ2v) is 4.88. The maximum atomic E-state index is 12.1. The van der Waals surface area contributed by atoms with Crippen LogP contribution in [0.2, 0.25) is 10.2 Å². The zero-order valence-corrected chi connectivity index (χ0v) is 11.9. The molecule has 0 aliphatic carbocycles. The first-order valence-electron chi connectivity index (χ1n) is 5.89. The number of rotatable bonds is 4. The second-order valence-electron chi connectivity index (χ2n) is 4.12. The molecule has 0 fully saturated rings. The molecule has 6 heteroatoms. The molecule has 1 atom stereocenters. The molecule has 2 rings (SSSR count). The van der Waals surface area contributed by atoms with Gasteiger partial charge >= 0.3 is 0 Å². The first-order chi connectivity index (χ1) is 9.61. The van der Waals surface area contributed by atoms with E-state index in [1.165, 1.54) is 12.3 Å². The van der Waals surface area contributed by atoms with E-state index in [4.69, 9.17) is 23.2 Å². The summed E-state index contributed by atoms with van der Waals surface area (Å²) in [7, 11) is 0. The van der Waals surface area contributed by atoms with Gasteiger partial charge in [0.15, 0.2) is 0 Å². The van der Waals surface area contributed by atoms with Crippen LogP contribution < -0.4 is 5.32 Å². The number of nitrogens with one attached hydrogen (secondary N) is 1. The molecule has 0 aliphatic rings. The lowest BCUT2D eigenvalue weighted by molar-refractivity contribution is 0.0916. The van der Waals surface area contributed by atoms with Crippen molar-refractivity contribution in [3.8, 4) is 0 Å². The average molecular weight is 311 g/mol. The number of carbonyl (C=O) groups excluding carboxylic acids is 1. The predicted octanol–water partition coefficient (Wildman–Crippen LogP) is 2.85. The van der Waals surface area contributed by atoms with Crippen LogP contribution in [-0.2, 0) is 0 Å². The van der Waals surface area contributed by atoms with E-state index >= 15 is 0 Å². The van der Waals surface area contributed by atoms with Crippen LogP contribution in [0.3, 0.4) is 0 Å². The van der Waals surface area contributed by atoms with Gasteiger partial charge in [0.25, 0.3) is 5.91 Å². The van der Waals surface area contributed by atoms with Crippen LogP contribution in [0.25, 0.3) is 0 Å². The summed E-state index contributed by atoms with van der Waals surface area (Å²) < 4.78 is 0. The summed E-state index contributed by atoms with van der Waals surface area (Å²) in [5.74, 6) is -0.376. The third-order valence-electron chi connectivity index (χ3n) is 2.75. The van der Waals surface area contributed by atoms with E-state index in [1.807, 2.05) is 30.3 Å². The molecule has 20 heavy (non-hydrogen) atoms. The fourth-order valence-corrected chi connectivity index (χ4v) is 1.98. The number of aliphatic hydroxyl groups excluding tert-OH is 1. The van der Waals surface area contributed by atoms with Gasteiger partial charge in [-0.25, -0.2) is 4.98 Å². The monoisotopic (exact) mass is 310 g/mol. The van der Waals surface area contributed by atoms with Gasteiger partial charge in [-0.05, 0) is 11.6 Å². The van der Waals surface area contributed by atoms with Crippen LogP contribution >= 0.6 is 23.2 Å². The van der Waals surface area contributed by atoms with Crippen molar-refractivity contribution in [2.45, 2.75) is 6.04 Å². The van der Waals surface area contributed by atoms with E-state index in [2.05, 4.69) is 10.3 Å². The summed E-state index contributed by atoms with van der Waals surface area (Å²) in [6.45, 7) is -0.204. The third-order valence-corrected chi connectivity index (χ3v) is 3.43. The summed E-state index contributed by atoms with van der Waals surface area (Å²) in [4.78, 5) is 15.9. The molecule has 2 aromatic rings. The van der Waals surface area contributed by atoms with E-state index in [0.717, 1.165) is 5.56 Å². The standard InChI is InChI=1S/C14H12Cl2N2O2/c15-11-6-10(7-17-13(11)16)14(20)18-12(8-19)9-4-2-1-3-5-9/h1-7,12,19H,8H2,(H,18,20)/t12-/m1/s1. The Morgan fingerprint density at radius 1 is 1.30 bits per heavy atom. The minimum absolute atomic E-state index is 0.144. The molecular formula is C14H12Cl2N2O2. The molecule has 0 saturated carbocycles. The van der Waals surface area contributed by atoms with Crippen LogP contribution in [0.15, 0.2) is 42.6 Å². The van der Waals surface area contributed by atoms with Crippen LogP contribution in [0.1, 0.15) is 22.0 Å². The molecule has 0 unspecified atom stereocenters. The summed E-state index contributed by atoms with van der Waals surface area (Å²) in [5.41, 5.74) is 1.10. The fourth-order valence-electron chi connectivity index (χ4n) is 1.71. The number of amides is 1. The van der Waals surface area contributed by atoms with E-state index in [-0.39, 0.29) is 28.3 Å². The lowest BCUT2D eigenvalue weighted by atomic mass is 10.1. The first-order valence-corrected chi connectivity index (χ1v) is 6.65. The molecule has 104 valence electrons. The lowest BCUT2D eigenvalue weighted by Crippen LogP contribution is -2.30. The summed E-state index contributed by atoms with van der Waals surface area (Å²) in [5, 5.41) is 12.5. The molecule has 0 saturated heterocycles. The molecule has 1 aromatic carbocycles. The largest absolute Gasteiger partial charge is 0.394 e. The van der Waals surface area contributed by atoms with Crippen molar-refractivity contribution < 1.29 is 9.90 Å². The van der Waals surface area contributed by atoms with Crippen LogP contribution in [0, 0.1) is 0 Å². The number of hydrogen-bond donors (Lipinski definition) is 2. The number of pyridine rings is 1. The summed E-state index contributed by atoms with van der Waals surface area (Å²) >= 11 is 11.5. The number of nitrogens with zero attached hydrogens (tertiary/aromatic N) is 1. The zero-order chi connectivity index (χ0) is 14.5. The lowest BCUT2D eigenvalue weighted by Gasteiger charge is -2.16. The minimum Gasteiger partial charge on any atom is -0.394 e. The number of benzene rings is 1. The zero-order valence-electron chi connectivity index (χ0n) is 10.4. The van der Waals surface area contributed by atoms with Crippen molar-refractivity contribution in [3.63, 3.8) is 0 Å². The van der Waals surface area contributed by atoms with Crippen LogP contribution in [0.4, 0.5) is 0 Å². The van der Waals surface area contributed by atoms with Gasteiger partial charge in [0, 0.05) is 6.20 Å². The van der Waals surface area contributed by atoms with Gasteiger partial charge in [-0.15, -0.1) is 0 Å². The fraction of sp³-hybridized carbons (Fsp3) is 0.143. The SMILES string of the molecule is O=C(N[C@H](CO)c1ccccc1)c1cnc(Cl)c(Cl)c1. The van der Waals surface area contributed by atoms with Crippen molar-refractivity contribution in [2.24, 2.45) is 0 Å². The van der Waals surface area contributed by atoms with Gasteiger partial charge < -0.3 is 10.4 Å². The molecule has 0 radical (unpaired) electrons. The molecule has 4 nitrogen and oxygen atoms in total. The highest BCUT2D eigenvalue weighted by atomic mass is 35.5. The summed E-state index contributed by atoms with van der Waals surface area (Å²) in [6.07, 6.45) is 1.34. The van der Waals surface area contributed by atoms with Crippen molar-refractivity contribution in [2.75, 3.05) is 6.61 Å². The van der Waals surface area contributed by atoms with E-state index in [0.29, 0.717) is 0 Å². The predicted molar refractivity (Wildman–Crippen MR) is 78.0 cm³/mol. The maximum Gasteiger partial charge on any atom is 0.253 e. The summed E-state index contributed by atoms with van der Waals surface area (Å²) in [6, 6.07) is 10.1. The number of halogens is 2. The molecule has 0 bridgehead atoms. The molecule has 1 amide bonds. The van der Waals surface area contributed by atoms with Gasteiger partial charge in [-0.1, -0.05) is 53.5 Å². The minimum atomic E-state index is -0.488. The molecule has 0 spiro atoms. The van der Waals surface area contributed by atoms with Gasteiger partial charge in [0.05, 0.1) is 23.2 Å². The molecule has 1 heterocycles. The van der Waals surface area contributed by atoms with Crippen LogP contribution in [0.5, 0.6) is 0 Å². The van der Waals surface area contributed by atoms with Gasteiger partial charge in [0.2, 0.25) is 0 Å². The van der Waals surface area contributed by atoms with Gasteiger partial charge in [-0.3, -0.25) is 4.79 Å². The van der Waals surface area contributed by atoms with E-state index in [9.17, 15) is 9.90 Å². The number of aliphatic hydroxyl groups is 1. The van der Waals surface area contributed by atoms with Gasteiger partial charge in [0.1, 0.15) is 5.15 Å². The highest BCUT2D eigenvalue weighted by Crippen LogP contribution is 2.20. The maximum absolute atomic E-state index is 12.1. The Hall–Kier alpha value is -1.62. The second kappa shape index (κ2) is 6.70. The Bertz CT molecular complexity index is 605. The first kappa shape index (κ1) is 14.8. The van der Waals surface area contributed by atoms with Crippen molar-refractivity contribution >= 4 is 29.1 Å². The van der Waals surface area contributed by atoms with Crippen LogP contribution in [-0.4, -0.2) is 22.6 Å². The smallest absolute Gasteiger partial charge is 0.253 e. The number of hydrogen-bond acceptors (Lipinski definition) is 3. The Labute approximate surface area is 126 Å². The van der Waals surface area contributed by atoms with E-state index in [1.54, 1.807) is 0 Å². The Morgan fingerprint density at radius 3 is 2.60 bits per heavy atom. The quantitative estimate of drug-likeness (QED) is 0.854. The average Bonchev–Trinajstić information content (AvgIpc) is 2.48. The molecule has 0 aliphatic heterocycles. The van der Waals surface area contributed by atoms with Crippen molar-refractivity contribution in [3.05, 3.63) is 63.9 Å². The third kappa shape index (κ3) is 3.48.